The normalized spacial score (nSPS) is 12.2. The topological polar surface area (TPSA) is 37.3 Å². The fourth-order valence-corrected chi connectivity index (χ4v) is 1.43. The van der Waals surface area contributed by atoms with E-state index in [0.717, 1.165) is 12.8 Å². The van der Waals surface area contributed by atoms with Gasteiger partial charge in [0, 0.05) is 23.5 Å². The molecule has 0 aromatic rings. The first-order valence-electron chi connectivity index (χ1n) is 3.99. The largest absolute Gasteiger partial charge is 0.346 e. The molecule has 0 radical (unpaired) electrons. The van der Waals surface area contributed by atoms with E-state index in [1.807, 2.05) is 0 Å². The van der Waals surface area contributed by atoms with Gasteiger partial charge in [0.2, 0.25) is 0 Å². The van der Waals surface area contributed by atoms with Crippen LogP contribution in [0.3, 0.4) is 0 Å². The maximum atomic E-state index is 10.2. The minimum atomic E-state index is -2.17. The average molecular weight is 216 g/mol. The molecule has 0 aromatic carbocycles. The van der Waals surface area contributed by atoms with Crippen LogP contribution in [-0.2, 0) is 21.9 Å². The minimum Gasteiger partial charge on any atom is -0.346 e. The van der Waals surface area contributed by atoms with Crippen molar-refractivity contribution in [2.45, 2.75) is 39.0 Å². The Kier molecular flexibility index (Phi) is 13.9. The van der Waals surface area contributed by atoms with E-state index >= 15 is 0 Å². The van der Waals surface area contributed by atoms with Crippen LogP contribution < -0.4 is 0 Å². The van der Waals surface area contributed by atoms with Crippen LogP contribution in [0.4, 0.5) is 0 Å². The predicted molar refractivity (Wildman–Crippen MR) is 44.8 cm³/mol. The standard InChI is InChI=1S/C7H17O2P.Cr/c1-2-3-4-5-6-7-10(8)9;/h10H,2-7H2,1H3,(H,8,9);. The van der Waals surface area contributed by atoms with Crippen molar-refractivity contribution < 1.29 is 26.8 Å². The van der Waals surface area contributed by atoms with E-state index in [1.54, 1.807) is 0 Å². The van der Waals surface area contributed by atoms with Gasteiger partial charge in [-0.3, -0.25) is 4.57 Å². The summed E-state index contributed by atoms with van der Waals surface area (Å²) in [5.41, 5.74) is 0. The van der Waals surface area contributed by atoms with Crippen LogP contribution in [0.15, 0.2) is 0 Å². The second-order valence-electron chi connectivity index (χ2n) is 2.56. The second kappa shape index (κ2) is 10.7. The van der Waals surface area contributed by atoms with Crippen molar-refractivity contribution in [1.82, 2.24) is 0 Å². The van der Waals surface area contributed by atoms with Crippen molar-refractivity contribution >= 4 is 8.03 Å². The fraction of sp³-hybridized carbons (Fsp3) is 1.00. The molecule has 0 heterocycles. The molecule has 1 atom stereocenters. The first kappa shape index (κ1) is 14.3. The average Bonchev–Trinajstić information content (AvgIpc) is 1.87. The van der Waals surface area contributed by atoms with Gasteiger partial charge in [0.15, 0.2) is 8.03 Å². The molecule has 0 aliphatic carbocycles. The molecule has 0 fully saturated rings. The molecule has 0 spiro atoms. The quantitative estimate of drug-likeness (QED) is 0.546. The number of unbranched alkanes of at least 4 members (excludes halogenated alkanes) is 4. The van der Waals surface area contributed by atoms with E-state index in [2.05, 4.69) is 6.92 Å². The zero-order chi connectivity index (χ0) is 7.82. The molecular weight excluding hydrogens is 199 g/mol. The summed E-state index contributed by atoms with van der Waals surface area (Å²) in [6.45, 7) is 2.16. The van der Waals surface area contributed by atoms with Gasteiger partial charge in [0.1, 0.15) is 0 Å². The Bertz CT molecular complexity index is 98.4. The van der Waals surface area contributed by atoms with Crippen LogP contribution in [0.1, 0.15) is 39.0 Å². The molecule has 4 heteroatoms. The monoisotopic (exact) mass is 216 g/mol. The molecule has 0 aromatic heterocycles. The van der Waals surface area contributed by atoms with Gasteiger partial charge in [0.05, 0.1) is 0 Å². The predicted octanol–water partition coefficient (Wildman–Crippen LogP) is 2.42. The second-order valence-corrected chi connectivity index (χ2v) is 3.85. The summed E-state index contributed by atoms with van der Waals surface area (Å²) in [6.07, 6.45) is 6.26. The van der Waals surface area contributed by atoms with E-state index in [0.29, 0.717) is 6.16 Å². The molecule has 0 bridgehead atoms. The van der Waals surface area contributed by atoms with Crippen LogP contribution in [0.25, 0.3) is 0 Å². The molecule has 0 saturated heterocycles. The van der Waals surface area contributed by atoms with Gasteiger partial charge in [-0.1, -0.05) is 32.6 Å². The summed E-state index contributed by atoms with van der Waals surface area (Å²) in [7, 11) is -2.17. The summed E-state index contributed by atoms with van der Waals surface area (Å²) in [5, 5.41) is 0. The molecule has 0 amide bonds. The Hall–Kier alpha value is 0.722. The Morgan fingerprint density at radius 1 is 1.18 bits per heavy atom. The third kappa shape index (κ3) is 13.7. The van der Waals surface area contributed by atoms with E-state index in [4.69, 9.17) is 4.89 Å². The third-order valence-corrected chi connectivity index (χ3v) is 2.28. The van der Waals surface area contributed by atoms with Crippen molar-refractivity contribution in [3.8, 4) is 0 Å². The number of rotatable bonds is 6. The Morgan fingerprint density at radius 3 is 2.18 bits per heavy atom. The molecule has 2 nitrogen and oxygen atoms in total. The van der Waals surface area contributed by atoms with Crippen molar-refractivity contribution in [3.63, 3.8) is 0 Å². The zero-order valence-corrected chi connectivity index (χ0v) is 9.28. The van der Waals surface area contributed by atoms with E-state index in [1.165, 1.54) is 19.3 Å². The number of hydrogen-bond acceptors (Lipinski definition) is 1. The SMILES string of the molecule is CCCCCCC[PH](=O)O.[Cr]. The van der Waals surface area contributed by atoms with Gasteiger partial charge in [-0.05, 0) is 6.42 Å². The van der Waals surface area contributed by atoms with Crippen molar-refractivity contribution in [1.29, 1.82) is 0 Å². The molecule has 0 aliphatic rings. The van der Waals surface area contributed by atoms with Gasteiger partial charge in [-0.25, -0.2) is 0 Å². The molecule has 11 heavy (non-hydrogen) atoms. The number of hydrogen-bond donors (Lipinski definition) is 1. The molecule has 0 saturated carbocycles. The Labute approximate surface area is 80.4 Å². The van der Waals surface area contributed by atoms with E-state index < -0.39 is 8.03 Å². The van der Waals surface area contributed by atoms with Crippen molar-refractivity contribution in [2.75, 3.05) is 6.16 Å². The summed E-state index contributed by atoms with van der Waals surface area (Å²) in [6, 6.07) is 0. The van der Waals surface area contributed by atoms with Gasteiger partial charge >= 0.3 is 0 Å². The molecular formula is C7H17CrO2P. The molecule has 68 valence electrons. The maximum absolute atomic E-state index is 10.2. The minimum absolute atomic E-state index is 0. The van der Waals surface area contributed by atoms with E-state index in [-0.39, 0.29) is 17.4 Å². The smallest absolute Gasteiger partial charge is 0.189 e. The van der Waals surface area contributed by atoms with Gasteiger partial charge in [0.25, 0.3) is 0 Å². The van der Waals surface area contributed by atoms with Crippen LogP contribution >= 0.6 is 8.03 Å². The molecule has 1 unspecified atom stereocenters. The van der Waals surface area contributed by atoms with Crippen LogP contribution in [0.5, 0.6) is 0 Å². The summed E-state index contributed by atoms with van der Waals surface area (Å²) < 4.78 is 10.2. The summed E-state index contributed by atoms with van der Waals surface area (Å²) in [5.74, 6) is 0. The van der Waals surface area contributed by atoms with E-state index in [9.17, 15) is 4.57 Å². The van der Waals surface area contributed by atoms with Gasteiger partial charge < -0.3 is 4.89 Å². The summed E-state index contributed by atoms with van der Waals surface area (Å²) >= 11 is 0. The summed E-state index contributed by atoms with van der Waals surface area (Å²) in [4.78, 5) is 8.46. The Balaban J connectivity index is 0. The molecule has 0 rings (SSSR count). The van der Waals surface area contributed by atoms with Crippen LogP contribution in [0.2, 0.25) is 0 Å². The fourth-order valence-electron chi connectivity index (χ4n) is 0.880. The molecule has 0 aliphatic heterocycles. The van der Waals surface area contributed by atoms with Gasteiger partial charge in [-0.15, -0.1) is 0 Å². The van der Waals surface area contributed by atoms with Crippen molar-refractivity contribution in [3.05, 3.63) is 0 Å². The molecule has 1 N–H and O–H groups in total. The Morgan fingerprint density at radius 2 is 1.73 bits per heavy atom. The van der Waals surface area contributed by atoms with Crippen molar-refractivity contribution in [2.24, 2.45) is 0 Å². The maximum Gasteiger partial charge on any atom is 0.189 e. The van der Waals surface area contributed by atoms with Crippen LogP contribution in [0, 0.1) is 0 Å². The van der Waals surface area contributed by atoms with Crippen LogP contribution in [-0.4, -0.2) is 11.1 Å². The first-order chi connectivity index (χ1) is 4.77. The zero-order valence-electron chi connectivity index (χ0n) is 7.01. The van der Waals surface area contributed by atoms with Gasteiger partial charge in [-0.2, -0.15) is 0 Å². The third-order valence-electron chi connectivity index (χ3n) is 1.49. The first-order valence-corrected chi connectivity index (χ1v) is 5.55.